The molecule has 78 valence electrons. The average molecular weight is 209 g/mol. The molecule has 2 aromatic rings. The molecule has 0 saturated carbocycles. The molecule has 0 aliphatic carbocycles. The number of nitrogens with one attached hydrogen (secondary N) is 3. The van der Waals surface area contributed by atoms with Gasteiger partial charge in [-0.3, -0.25) is 0 Å². The third kappa shape index (κ3) is 2.15. The Morgan fingerprint density at radius 3 is 2.40 bits per heavy atom. The first kappa shape index (κ1) is 8.86. The van der Waals surface area contributed by atoms with E-state index in [9.17, 15) is 0 Å². The molecule has 0 radical (unpaired) electrons. The molecule has 7 N–H and O–H groups in total. The molecule has 2 rings (SSSR count). The smallest absolute Gasteiger partial charge is 0.290 e. The maximum absolute atomic E-state index is 5.28. The monoisotopic (exact) mass is 209 g/mol. The van der Waals surface area contributed by atoms with E-state index in [1.807, 2.05) is 0 Å². The molecule has 0 saturated heterocycles. The Morgan fingerprint density at radius 1 is 1.07 bits per heavy atom. The standard InChI is InChI=1S/C4H7N11/c5-1-7-3(11-9-1)13-15-14-4-8-2(6)10-12-4/h(H7,5,6,7,8,9,10,11,12,13,14). The Kier molecular flexibility index (Phi) is 2.11. The summed E-state index contributed by atoms with van der Waals surface area (Å²) in [5, 5.41) is 19.2. The number of H-pyrrole nitrogens is 2. The van der Waals surface area contributed by atoms with Crippen molar-refractivity contribution in [1.82, 2.24) is 30.4 Å². The summed E-state index contributed by atoms with van der Waals surface area (Å²) in [5.41, 5.74) is 13.0. The lowest BCUT2D eigenvalue weighted by molar-refractivity contribution is 1.00. The summed E-state index contributed by atoms with van der Waals surface area (Å²) >= 11 is 0. The zero-order chi connectivity index (χ0) is 10.7. The molecule has 0 bridgehead atoms. The molecule has 11 heteroatoms. The fraction of sp³-hybridized carbons (Fsp3) is 0. The highest BCUT2D eigenvalue weighted by Crippen LogP contribution is 2.05. The summed E-state index contributed by atoms with van der Waals surface area (Å²) in [6.07, 6.45) is 0. The van der Waals surface area contributed by atoms with E-state index in [1.54, 1.807) is 0 Å². The molecule has 0 aliphatic rings. The van der Waals surface area contributed by atoms with Crippen molar-refractivity contribution < 1.29 is 0 Å². The zero-order valence-corrected chi connectivity index (χ0v) is 7.34. The third-order valence-electron chi connectivity index (χ3n) is 1.28. The first-order chi connectivity index (χ1) is 7.24. The highest BCUT2D eigenvalue weighted by Gasteiger charge is 1.98. The predicted molar refractivity (Wildman–Crippen MR) is 49.7 cm³/mol. The minimum Gasteiger partial charge on any atom is -0.368 e. The van der Waals surface area contributed by atoms with Gasteiger partial charge < -0.3 is 11.5 Å². The van der Waals surface area contributed by atoms with Crippen molar-refractivity contribution in [2.75, 3.05) is 16.9 Å². The Morgan fingerprint density at radius 2 is 1.80 bits per heavy atom. The second kappa shape index (κ2) is 3.57. The van der Waals surface area contributed by atoms with Crippen molar-refractivity contribution in [2.24, 2.45) is 10.3 Å². The summed E-state index contributed by atoms with van der Waals surface area (Å²) in [4.78, 5) is 7.40. The molecule has 0 aliphatic heterocycles. The lowest BCUT2D eigenvalue weighted by Crippen LogP contribution is -1.89. The van der Waals surface area contributed by atoms with E-state index in [4.69, 9.17) is 11.5 Å². The molecule has 15 heavy (non-hydrogen) atoms. The van der Waals surface area contributed by atoms with Crippen molar-refractivity contribution in [2.45, 2.75) is 0 Å². The minimum atomic E-state index is 0.100. The van der Waals surface area contributed by atoms with Gasteiger partial charge in [-0.2, -0.15) is 9.97 Å². The number of nitrogens with two attached hydrogens (primary N) is 2. The van der Waals surface area contributed by atoms with E-state index in [2.05, 4.69) is 46.1 Å². The van der Waals surface area contributed by atoms with E-state index < -0.39 is 0 Å². The number of aromatic amines is 2. The van der Waals surface area contributed by atoms with Crippen LogP contribution >= 0.6 is 0 Å². The fourth-order valence-corrected chi connectivity index (χ4v) is 0.748. The zero-order valence-electron chi connectivity index (χ0n) is 7.34. The largest absolute Gasteiger partial charge is 0.368 e. The highest BCUT2D eigenvalue weighted by atomic mass is 15.5. The molecule has 2 heterocycles. The predicted octanol–water partition coefficient (Wildman–Crippen LogP) is -0.802. The second-order valence-corrected chi connectivity index (χ2v) is 2.38. The molecule has 0 unspecified atom stereocenters. The van der Waals surface area contributed by atoms with Crippen LogP contribution in [-0.4, -0.2) is 30.4 Å². The van der Waals surface area contributed by atoms with Crippen LogP contribution in [0.5, 0.6) is 0 Å². The molecule has 0 aromatic carbocycles. The van der Waals surface area contributed by atoms with Gasteiger partial charge in [-0.1, -0.05) is 10.3 Å². The van der Waals surface area contributed by atoms with Gasteiger partial charge in [-0.15, -0.1) is 10.2 Å². The second-order valence-electron chi connectivity index (χ2n) is 2.38. The van der Waals surface area contributed by atoms with Gasteiger partial charge in [0.2, 0.25) is 11.9 Å². The van der Waals surface area contributed by atoms with Gasteiger partial charge in [0.25, 0.3) is 11.9 Å². The van der Waals surface area contributed by atoms with Crippen LogP contribution < -0.4 is 16.9 Å². The van der Waals surface area contributed by atoms with E-state index in [0.717, 1.165) is 0 Å². The fourth-order valence-electron chi connectivity index (χ4n) is 0.748. The topological polar surface area (TPSA) is 172 Å². The number of rotatable bonds is 3. The van der Waals surface area contributed by atoms with E-state index >= 15 is 0 Å². The number of nitrogens with zero attached hydrogens (tertiary/aromatic N) is 6. The summed E-state index contributed by atoms with van der Waals surface area (Å²) < 4.78 is 0. The number of anilines is 3. The van der Waals surface area contributed by atoms with Crippen LogP contribution in [0.4, 0.5) is 23.8 Å². The molecule has 0 spiro atoms. The third-order valence-corrected chi connectivity index (χ3v) is 1.28. The summed E-state index contributed by atoms with van der Waals surface area (Å²) in [6, 6.07) is 0. The number of hydrogen-bond donors (Lipinski definition) is 5. The molecular weight excluding hydrogens is 202 g/mol. The van der Waals surface area contributed by atoms with Crippen molar-refractivity contribution in [3.8, 4) is 0 Å². The molecule has 2 aromatic heterocycles. The Hall–Kier alpha value is -2.72. The highest BCUT2D eigenvalue weighted by molar-refractivity contribution is 5.28. The van der Waals surface area contributed by atoms with Crippen molar-refractivity contribution in [1.29, 1.82) is 0 Å². The van der Waals surface area contributed by atoms with Crippen molar-refractivity contribution in [3.63, 3.8) is 0 Å². The quantitative estimate of drug-likeness (QED) is 0.325. The minimum absolute atomic E-state index is 0.100. The normalized spacial score (nSPS) is 10.9. The number of nitrogen functional groups attached to an aromatic ring is 2. The van der Waals surface area contributed by atoms with Crippen LogP contribution in [0.25, 0.3) is 0 Å². The van der Waals surface area contributed by atoms with Gasteiger partial charge in [0, 0.05) is 0 Å². The SMILES string of the molecule is Nc1nc(N=NNc2n[nH]c(N)n2)n[nH]1. The molecule has 0 atom stereocenters. The van der Waals surface area contributed by atoms with Gasteiger partial charge in [-0.05, 0) is 0 Å². The summed E-state index contributed by atoms with van der Waals surface area (Å²) in [5.74, 6) is 0.629. The van der Waals surface area contributed by atoms with E-state index in [-0.39, 0.29) is 23.8 Å². The van der Waals surface area contributed by atoms with Gasteiger partial charge in [0.1, 0.15) is 0 Å². The molecule has 0 amide bonds. The Labute approximate surface area is 82.4 Å². The van der Waals surface area contributed by atoms with Gasteiger partial charge in [0.05, 0.1) is 0 Å². The summed E-state index contributed by atoms with van der Waals surface area (Å²) in [7, 11) is 0. The average Bonchev–Trinajstić information content (AvgIpc) is 2.76. The number of hydrogen-bond acceptors (Lipinski definition) is 8. The van der Waals surface area contributed by atoms with Gasteiger partial charge in [0.15, 0.2) is 0 Å². The van der Waals surface area contributed by atoms with Crippen LogP contribution in [0.1, 0.15) is 0 Å². The number of aromatic nitrogens is 6. The van der Waals surface area contributed by atoms with E-state index in [1.165, 1.54) is 0 Å². The molecule has 0 fully saturated rings. The first-order valence-electron chi connectivity index (χ1n) is 3.76. The molecular formula is C4H7N11. The Balaban J connectivity index is 1.96. The van der Waals surface area contributed by atoms with Crippen LogP contribution in [0.3, 0.4) is 0 Å². The van der Waals surface area contributed by atoms with Crippen LogP contribution in [-0.2, 0) is 0 Å². The lowest BCUT2D eigenvalue weighted by atomic mass is 11.0. The molecule has 11 nitrogen and oxygen atoms in total. The Bertz CT molecular complexity index is 464. The van der Waals surface area contributed by atoms with Gasteiger partial charge in [-0.25, -0.2) is 15.6 Å². The maximum Gasteiger partial charge on any atom is 0.290 e. The van der Waals surface area contributed by atoms with Crippen molar-refractivity contribution in [3.05, 3.63) is 0 Å². The van der Waals surface area contributed by atoms with Crippen molar-refractivity contribution >= 4 is 23.8 Å². The van der Waals surface area contributed by atoms with Crippen LogP contribution in [0, 0.1) is 0 Å². The first-order valence-corrected chi connectivity index (χ1v) is 3.76. The lowest BCUT2D eigenvalue weighted by Gasteiger charge is -1.86. The van der Waals surface area contributed by atoms with E-state index in [0.29, 0.717) is 0 Å². The van der Waals surface area contributed by atoms with Gasteiger partial charge >= 0.3 is 0 Å². The van der Waals surface area contributed by atoms with Crippen LogP contribution in [0.2, 0.25) is 0 Å². The van der Waals surface area contributed by atoms with Crippen LogP contribution in [0.15, 0.2) is 10.3 Å². The summed E-state index contributed by atoms with van der Waals surface area (Å²) in [6.45, 7) is 0. The maximum atomic E-state index is 5.28.